The van der Waals surface area contributed by atoms with Gasteiger partial charge in [-0.05, 0) is 47.6 Å². The molecule has 9 heteroatoms. The van der Waals surface area contributed by atoms with Crippen molar-refractivity contribution in [2.24, 2.45) is 0 Å². The van der Waals surface area contributed by atoms with Crippen LogP contribution in [0, 0.1) is 11.6 Å². The van der Waals surface area contributed by atoms with Crippen LogP contribution in [0.25, 0.3) is 0 Å². The van der Waals surface area contributed by atoms with E-state index in [1.54, 1.807) is 4.90 Å². The monoisotopic (exact) mass is 517 g/mol. The minimum atomic E-state index is -1.11. The number of carbonyl (C=O) groups excluding carboxylic acids is 2. The van der Waals surface area contributed by atoms with Gasteiger partial charge in [0.15, 0.2) is 0 Å². The van der Waals surface area contributed by atoms with Gasteiger partial charge in [-0.15, -0.1) is 0 Å². The number of piperidine rings is 1. The van der Waals surface area contributed by atoms with Crippen LogP contribution in [-0.4, -0.2) is 65.3 Å². The number of nitrogens with zero attached hydrogens (tertiary/aromatic N) is 1. The molecule has 2 aromatic rings. The van der Waals surface area contributed by atoms with E-state index in [-0.39, 0.29) is 50.3 Å². The molecule has 0 saturated carbocycles. The van der Waals surface area contributed by atoms with Crippen LogP contribution in [0.15, 0.2) is 42.5 Å². The summed E-state index contributed by atoms with van der Waals surface area (Å²) in [6.07, 6.45) is -0.379. The summed E-state index contributed by atoms with van der Waals surface area (Å²) in [6, 6.07) is 10.3. The van der Waals surface area contributed by atoms with Crippen molar-refractivity contribution in [3.05, 3.63) is 70.8 Å². The van der Waals surface area contributed by atoms with Crippen LogP contribution >= 0.6 is 0 Å². The highest BCUT2D eigenvalue weighted by Gasteiger charge is 2.41. The lowest BCUT2D eigenvalue weighted by Crippen LogP contribution is -2.57. The summed E-state index contributed by atoms with van der Waals surface area (Å²) in [5, 5.41) is 26.5. The molecule has 1 saturated heterocycles. The molecule has 0 bridgehead atoms. The Morgan fingerprint density at radius 3 is 2.46 bits per heavy atom. The maximum absolute atomic E-state index is 13.7. The van der Waals surface area contributed by atoms with Gasteiger partial charge in [-0.25, -0.2) is 8.78 Å². The van der Waals surface area contributed by atoms with Gasteiger partial charge in [0.05, 0.1) is 24.3 Å². The molecular weight excluding hydrogens is 480 g/mol. The summed E-state index contributed by atoms with van der Waals surface area (Å²) in [7, 11) is 0. The molecule has 1 unspecified atom stereocenters. The number of carbonyl (C=O) groups is 2. The van der Waals surface area contributed by atoms with Crippen molar-refractivity contribution in [2.75, 3.05) is 26.2 Å². The summed E-state index contributed by atoms with van der Waals surface area (Å²) in [6.45, 7) is 6.10. The molecule has 0 aliphatic carbocycles. The molecule has 7 nitrogen and oxygen atoms in total. The third-order valence-corrected chi connectivity index (χ3v) is 6.97. The first-order valence-corrected chi connectivity index (χ1v) is 12.7. The minimum absolute atomic E-state index is 0.0240. The Morgan fingerprint density at radius 2 is 1.86 bits per heavy atom. The Morgan fingerprint density at radius 1 is 1.16 bits per heavy atom. The molecule has 1 aliphatic heterocycles. The number of nitrogens with one attached hydrogen (secondary N) is 2. The second-order valence-corrected chi connectivity index (χ2v) is 10.1. The Kier molecular flexibility index (Phi) is 9.75. The van der Waals surface area contributed by atoms with E-state index in [0.29, 0.717) is 18.5 Å². The van der Waals surface area contributed by atoms with Crippen LogP contribution in [0.3, 0.4) is 0 Å². The van der Waals surface area contributed by atoms with Gasteiger partial charge in [0.1, 0.15) is 11.6 Å². The number of benzene rings is 2. The number of aliphatic hydroxyl groups is 2. The van der Waals surface area contributed by atoms with Crippen LogP contribution < -0.4 is 10.6 Å². The molecule has 1 fully saturated rings. The summed E-state index contributed by atoms with van der Waals surface area (Å²) >= 11 is 0. The van der Waals surface area contributed by atoms with Gasteiger partial charge in [-0.2, -0.15) is 0 Å². The summed E-state index contributed by atoms with van der Waals surface area (Å²) < 4.78 is 27.5. The highest BCUT2D eigenvalue weighted by atomic mass is 19.1. The molecule has 0 radical (unpaired) electrons. The van der Waals surface area contributed by atoms with Gasteiger partial charge in [0, 0.05) is 39.0 Å². The van der Waals surface area contributed by atoms with Crippen molar-refractivity contribution in [1.82, 2.24) is 15.5 Å². The maximum atomic E-state index is 13.7. The smallest absolute Gasteiger partial charge is 0.224 e. The zero-order valence-electron chi connectivity index (χ0n) is 21.6. The fraction of sp³-hybridized carbons (Fsp3) is 0.500. The van der Waals surface area contributed by atoms with E-state index in [4.69, 9.17) is 0 Å². The third kappa shape index (κ3) is 7.56. The van der Waals surface area contributed by atoms with Gasteiger partial charge in [0.2, 0.25) is 11.8 Å². The van der Waals surface area contributed by atoms with Gasteiger partial charge >= 0.3 is 0 Å². The molecule has 1 heterocycles. The molecule has 3 rings (SSSR count). The van der Waals surface area contributed by atoms with Crippen LogP contribution in [-0.2, 0) is 21.5 Å². The highest BCUT2D eigenvalue weighted by Crippen LogP contribution is 2.35. The summed E-state index contributed by atoms with van der Waals surface area (Å²) in [5.41, 5.74) is 1.59. The standard InChI is InChI=1S/C28H37F2N3O4/c1-18(2)21-5-4-6-22(14-21)28(7-8-33(9-10-34)27(37)16-28)31-17-26(36)25(32-19(3)35)13-20-11-23(29)15-24(30)12-20/h4-6,11-12,14-15,18,25-26,31,34,36H,7-10,13,16-17H2,1-3H3,(H,32,35)/t25-,26+,28?/m0/s1. The molecule has 0 spiro atoms. The Labute approximate surface area is 216 Å². The quantitative estimate of drug-likeness (QED) is 0.367. The van der Waals surface area contributed by atoms with E-state index in [1.807, 2.05) is 18.2 Å². The Balaban J connectivity index is 1.85. The number of β-amino-alcohol motifs (C(OH)–C–C–N with tert-alkyl or cyclic N) is 1. The molecule has 2 amide bonds. The summed E-state index contributed by atoms with van der Waals surface area (Å²) in [5.74, 6) is -1.68. The Bertz CT molecular complexity index is 1080. The predicted octanol–water partition coefficient (Wildman–Crippen LogP) is 2.60. The molecule has 4 N–H and O–H groups in total. The zero-order chi connectivity index (χ0) is 27.2. The molecule has 2 aromatic carbocycles. The van der Waals surface area contributed by atoms with Crippen molar-refractivity contribution in [2.45, 2.75) is 63.6 Å². The van der Waals surface area contributed by atoms with E-state index in [0.717, 1.165) is 17.2 Å². The first kappa shape index (κ1) is 28.7. The fourth-order valence-corrected chi connectivity index (χ4v) is 4.93. The van der Waals surface area contributed by atoms with Crippen molar-refractivity contribution in [3.63, 3.8) is 0 Å². The molecule has 202 valence electrons. The first-order valence-electron chi connectivity index (χ1n) is 12.7. The van der Waals surface area contributed by atoms with Crippen LogP contribution in [0.5, 0.6) is 0 Å². The molecular formula is C28H37F2N3O4. The number of amides is 2. The van der Waals surface area contributed by atoms with Crippen LogP contribution in [0.2, 0.25) is 0 Å². The molecule has 37 heavy (non-hydrogen) atoms. The maximum Gasteiger partial charge on any atom is 0.224 e. The lowest BCUT2D eigenvalue weighted by atomic mass is 9.79. The van der Waals surface area contributed by atoms with E-state index >= 15 is 0 Å². The number of hydrogen-bond acceptors (Lipinski definition) is 5. The van der Waals surface area contributed by atoms with Crippen molar-refractivity contribution in [1.29, 1.82) is 0 Å². The highest BCUT2D eigenvalue weighted by molar-refractivity contribution is 5.79. The molecule has 1 aliphatic rings. The van der Waals surface area contributed by atoms with Gasteiger partial charge in [-0.1, -0.05) is 38.1 Å². The van der Waals surface area contributed by atoms with E-state index in [9.17, 15) is 28.6 Å². The number of likely N-dealkylation sites (tertiary alicyclic amines) is 1. The van der Waals surface area contributed by atoms with Gasteiger partial charge < -0.3 is 25.7 Å². The number of aliphatic hydroxyl groups excluding tert-OH is 2. The number of rotatable bonds is 11. The van der Waals surface area contributed by atoms with Gasteiger partial charge in [0.25, 0.3) is 0 Å². The second kappa shape index (κ2) is 12.6. The van der Waals surface area contributed by atoms with Crippen molar-refractivity contribution >= 4 is 11.8 Å². The average Bonchev–Trinajstić information content (AvgIpc) is 2.83. The minimum Gasteiger partial charge on any atom is -0.395 e. The second-order valence-electron chi connectivity index (χ2n) is 10.1. The SMILES string of the molecule is CC(=O)N[C@@H](Cc1cc(F)cc(F)c1)[C@H](O)CNC1(c2cccc(C(C)C)c2)CCN(CCO)C(=O)C1. The molecule has 3 atom stereocenters. The average molecular weight is 518 g/mol. The van der Waals surface area contributed by atoms with Crippen LogP contribution in [0.4, 0.5) is 8.78 Å². The van der Waals surface area contributed by atoms with Gasteiger partial charge in [-0.3, -0.25) is 9.59 Å². The predicted molar refractivity (Wildman–Crippen MR) is 137 cm³/mol. The summed E-state index contributed by atoms with van der Waals surface area (Å²) in [4.78, 5) is 26.5. The number of halogens is 2. The molecule has 0 aromatic heterocycles. The van der Waals surface area contributed by atoms with E-state index in [1.165, 1.54) is 19.1 Å². The van der Waals surface area contributed by atoms with Crippen molar-refractivity contribution < 1.29 is 28.6 Å². The van der Waals surface area contributed by atoms with E-state index in [2.05, 4.69) is 30.5 Å². The normalized spacial score (nSPS) is 19.7. The largest absolute Gasteiger partial charge is 0.395 e. The van der Waals surface area contributed by atoms with Crippen molar-refractivity contribution in [3.8, 4) is 0 Å². The number of hydrogen-bond donors (Lipinski definition) is 4. The lowest BCUT2D eigenvalue weighted by Gasteiger charge is -2.43. The Hall–Kier alpha value is -2.88. The lowest BCUT2D eigenvalue weighted by molar-refractivity contribution is -0.137. The topological polar surface area (TPSA) is 102 Å². The fourth-order valence-electron chi connectivity index (χ4n) is 4.93. The zero-order valence-corrected chi connectivity index (χ0v) is 21.6. The first-order chi connectivity index (χ1) is 17.5. The van der Waals surface area contributed by atoms with Crippen LogP contribution in [0.1, 0.15) is 56.2 Å². The third-order valence-electron chi connectivity index (χ3n) is 6.97. The van der Waals surface area contributed by atoms with E-state index < -0.39 is 29.3 Å².